The number of aliphatic carboxylic acids is 1. The molecule has 0 aliphatic heterocycles. The van der Waals surface area contributed by atoms with Crippen molar-refractivity contribution in [2.45, 2.75) is 55.9 Å². The topological polar surface area (TPSA) is 131 Å². The number of carboxylic acid groups (broad SMARTS) is 1. The predicted molar refractivity (Wildman–Crippen MR) is 155 cm³/mol. The number of esters is 1. The number of rotatable bonds is 10. The van der Waals surface area contributed by atoms with Gasteiger partial charge in [-0.1, -0.05) is 24.8 Å². The van der Waals surface area contributed by atoms with E-state index in [1.165, 1.54) is 13.0 Å². The van der Waals surface area contributed by atoms with E-state index < -0.39 is 24.0 Å². The molecule has 2 unspecified atom stereocenters. The second-order valence-electron chi connectivity index (χ2n) is 9.33. The Morgan fingerprint density at radius 3 is 2.45 bits per heavy atom. The van der Waals surface area contributed by atoms with Gasteiger partial charge in [0.1, 0.15) is 0 Å². The minimum absolute atomic E-state index is 0.0625. The predicted octanol–water partition coefficient (Wildman–Crippen LogP) is 6.30. The van der Waals surface area contributed by atoms with Gasteiger partial charge in [-0.3, -0.25) is 14.4 Å². The summed E-state index contributed by atoms with van der Waals surface area (Å²) < 4.78 is 5.28. The maximum Gasteiger partial charge on any atom is 0.326 e. The number of ether oxygens (including phenoxy) is 1. The summed E-state index contributed by atoms with van der Waals surface area (Å²) in [5, 5.41) is 16.7. The van der Waals surface area contributed by atoms with Crippen molar-refractivity contribution in [3.63, 3.8) is 0 Å². The molecule has 0 saturated heterocycles. The molecule has 2 heterocycles. The fourth-order valence-electron chi connectivity index (χ4n) is 3.92. The summed E-state index contributed by atoms with van der Waals surface area (Å²) in [6.07, 6.45) is 1.75. The molecule has 0 bridgehead atoms. The summed E-state index contributed by atoms with van der Waals surface area (Å²) in [5.41, 5.74) is 3.76. The van der Waals surface area contributed by atoms with Crippen molar-refractivity contribution in [2.75, 3.05) is 10.6 Å². The van der Waals surface area contributed by atoms with Crippen LogP contribution in [-0.4, -0.2) is 39.0 Å². The van der Waals surface area contributed by atoms with Gasteiger partial charge in [-0.2, -0.15) is 0 Å². The van der Waals surface area contributed by atoms with Crippen molar-refractivity contribution >= 4 is 57.7 Å². The number of amides is 1. The van der Waals surface area contributed by atoms with Gasteiger partial charge in [0.15, 0.2) is 11.6 Å². The summed E-state index contributed by atoms with van der Waals surface area (Å²) in [6.45, 7) is 7.04. The van der Waals surface area contributed by atoms with E-state index in [-0.39, 0.29) is 11.6 Å². The van der Waals surface area contributed by atoms with Crippen molar-refractivity contribution < 1.29 is 24.2 Å². The fraction of sp³-hybridized carbons (Fsp3) is 0.233. The quantitative estimate of drug-likeness (QED) is 0.152. The molecule has 206 valence electrons. The van der Waals surface area contributed by atoms with E-state index in [9.17, 15) is 19.5 Å². The molecule has 0 radical (unpaired) electrons. The molecule has 4 rings (SSSR count). The SMILES string of the molecule is CCC(C)OC(=O)C(C(=O)O)c1ccc2c(Nc3cc(C)ccc3Sc3ccc(NC(C)=O)cc3)ccnc2n1. The van der Waals surface area contributed by atoms with Crippen molar-refractivity contribution in [3.8, 4) is 0 Å². The van der Waals surface area contributed by atoms with Crippen LogP contribution in [0.3, 0.4) is 0 Å². The number of nitrogens with zero attached hydrogens (tertiary/aromatic N) is 2. The van der Waals surface area contributed by atoms with Gasteiger partial charge in [-0.25, -0.2) is 9.97 Å². The van der Waals surface area contributed by atoms with E-state index in [1.807, 2.05) is 62.4 Å². The molecule has 0 fully saturated rings. The van der Waals surface area contributed by atoms with Crippen LogP contribution in [0.15, 0.2) is 76.7 Å². The first-order valence-electron chi connectivity index (χ1n) is 12.8. The van der Waals surface area contributed by atoms with Gasteiger partial charge in [0.25, 0.3) is 0 Å². The molecule has 40 heavy (non-hydrogen) atoms. The Balaban J connectivity index is 1.63. The molecule has 0 aliphatic rings. The second kappa shape index (κ2) is 12.6. The van der Waals surface area contributed by atoms with Gasteiger partial charge in [-0.15, -0.1) is 0 Å². The molecule has 2 aromatic heterocycles. The van der Waals surface area contributed by atoms with Crippen molar-refractivity contribution in [1.29, 1.82) is 0 Å². The van der Waals surface area contributed by atoms with E-state index in [4.69, 9.17) is 4.74 Å². The first-order valence-corrected chi connectivity index (χ1v) is 13.6. The zero-order valence-corrected chi connectivity index (χ0v) is 23.4. The van der Waals surface area contributed by atoms with Crippen LogP contribution in [0.25, 0.3) is 11.0 Å². The average Bonchev–Trinajstić information content (AvgIpc) is 2.90. The normalized spacial score (nSPS) is 12.4. The highest BCUT2D eigenvalue weighted by atomic mass is 32.2. The minimum atomic E-state index is -1.55. The lowest BCUT2D eigenvalue weighted by atomic mass is 10.0. The van der Waals surface area contributed by atoms with Crippen LogP contribution in [-0.2, 0) is 19.1 Å². The molecule has 0 spiro atoms. The standard InChI is InChI=1S/C30H30N4O5S/c1-5-18(3)39-30(38)27(29(36)37)24-12-11-22-23(14-15-31-28(22)34-24)33-25-16-17(2)6-13-26(25)40-21-9-7-20(8-10-21)32-19(4)35/h6-16,18,27H,5H2,1-4H3,(H,32,35)(H,36,37)(H,31,33,34). The van der Waals surface area contributed by atoms with Gasteiger partial charge in [-0.05, 0) is 80.4 Å². The number of aromatic nitrogens is 2. The summed E-state index contributed by atoms with van der Waals surface area (Å²) in [4.78, 5) is 46.6. The number of anilines is 3. The van der Waals surface area contributed by atoms with E-state index in [0.29, 0.717) is 17.5 Å². The highest BCUT2D eigenvalue weighted by molar-refractivity contribution is 7.99. The number of carboxylic acids is 1. The summed E-state index contributed by atoms with van der Waals surface area (Å²) in [7, 11) is 0. The van der Waals surface area contributed by atoms with Crippen LogP contribution in [0, 0.1) is 6.92 Å². The summed E-state index contributed by atoms with van der Waals surface area (Å²) in [5.74, 6) is -3.86. The summed E-state index contributed by atoms with van der Waals surface area (Å²) >= 11 is 1.57. The molecular formula is C30H30N4O5S. The Kier molecular flexibility index (Phi) is 9.00. The largest absolute Gasteiger partial charge is 0.480 e. The zero-order chi connectivity index (χ0) is 28.8. The Bertz CT molecular complexity index is 1560. The van der Waals surface area contributed by atoms with E-state index in [1.54, 1.807) is 30.9 Å². The molecular weight excluding hydrogens is 528 g/mol. The fourth-order valence-corrected chi connectivity index (χ4v) is 4.81. The molecule has 4 aromatic rings. The number of hydrogen-bond donors (Lipinski definition) is 3. The van der Waals surface area contributed by atoms with Crippen molar-refractivity contribution in [2.24, 2.45) is 0 Å². The Labute approximate surface area is 236 Å². The van der Waals surface area contributed by atoms with Crippen LogP contribution >= 0.6 is 11.8 Å². The maximum atomic E-state index is 12.6. The lowest BCUT2D eigenvalue weighted by Gasteiger charge is -2.17. The molecule has 9 nitrogen and oxygen atoms in total. The zero-order valence-electron chi connectivity index (χ0n) is 22.6. The molecule has 1 amide bonds. The first kappa shape index (κ1) is 28.6. The monoisotopic (exact) mass is 558 g/mol. The third kappa shape index (κ3) is 6.95. The second-order valence-corrected chi connectivity index (χ2v) is 10.4. The Morgan fingerprint density at radius 2 is 1.77 bits per heavy atom. The van der Waals surface area contributed by atoms with Crippen LogP contribution in [0.1, 0.15) is 44.4 Å². The maximum absolute atomic E-state index is 12.6. The number of fused-ring (bicyclic) bond motifs is 1. The number of benzene rings is 2. The molecule has 2 atom stereocenters. The molecule has 2 aromatic carbocycles. The molecule has 0 aliphatic carbocycles. The minimum Gasteiger partial charge on any atom is -0.480 e. The van der Waals surface area contributed by atoms with Gasteiger partial charge in [0.2, 0.25) is 5.91 Å². The number of pyridine rings is 2. The highest BCUT2D eigenvalue weighted by Gasteiger charge is 2.32. The van der Waals surface area contributed by atoms with Crippen LogP contribution in [0.5, 0.6) is 0 Å². The number of carbonyl (C=O) groups is 3. The lowest BCUT2D eigenvalue weighted by molar-refractivity contribution is -0.157. The van der Waals surface area contributed by atoms with Gasteiger partial charge >= 0.3 is 11.9 Å². The molecule has 0 saturated carbocycles. The van der Waals surface area contributed by atoms with Gasteiger partial charge in [0, 0.05) is 34.0 Å². The lowest BCUT2D eigenvalue weighted by Crippen LogP contribution is -2.27. The molecule has 3 N–H and O–H groups in total. The van der Waals surface area contributed by atoms with Crippen LogP contribution in [0.2, 0.25) is 0 Å². The van der Waals surface area contributed by atoms with Crippen LogP contribution in [0.4, 0.5) is 17.1 Å². The Morgan fingerprint density at radius 1 is 1.02 bits per heavy atom. The number of nitrogens with one attached hydrogen (secondary N) is 2. The number of carbonyl (C=O) groups excluding carboxylic acids is 2. The van der Waals surface area contributed by atoms with E-state index >= 15 is 0 Å². The highest BCUT2D eigenvalue weighted by Crippen LogP contribution is 2.37. The van der Waals surface area contributed by atoms with E-state index in [2.05, 4.69) is 20.6 Å². The van der Waals surface area contributed by atoms with Crippen molar-refractivity contribution in [3.05, 3.63) is 78.1 Å². The average molecular weight is 559 g/mol. The number of aryl methyl sites for hydroxylation is 1. The summed E-state index contributed by atoms with van der Waals surface area (Å²) in [6, 6.07) is 18.7. The number of hydrogen-bond acceptors (Lipinski definition) is 8. The third-order valence-corrected chi connectivity index (χ3v) is 7.19. The van der Waals surface area contributed by atoms with Gasteiger partial charge in [0.05, 0.1) is 23.2 Å². The third-order valence-electron chi connectivity index (χ3n) is 6.10. The Hall–Kier alpha value is -4.44. The molecule has 10 heteroatoms. The van der Waals surface area contributed by atoms with Crippen LogP contribution < -0.4 is 10.6 Å². The smallest absolute Gasteiger partial charge is 0.326 e. The first-order chi connectivity index (χ1) is 19.1. The van der Waals surface area contributed by atoms with Crippen molar-refractivity contribution in [1.82, 2.24) is 9.97 Å². The van der Waals surface area contributed by atoms with E-state index in [0.717, 1.165) is 32.4 Å². The van der Waals surface area contributed by atoms with Gasteiger partial charge < -0.3 is 20.5 Å².